The first-order chi connectivity index (χ1) is 15.7. The molecule has 12 heteroatoms. The van der Waals surface area contributed by atoms with Gasteiger partial charge in [0.25, 0.3) is 0 Å². The summed E-state index contributed by atoms with van der Waals surface area (Å²) >= 11 is 0. The summed E-state index contributed by atoms with van der Waals surface area (Å²) in [5.41, 5.74) is -1.74. The van der Waals surface area contributed by atoms with Gasteiger partial charge in [-0.25, -0.2) is 0 Å². The predicted molar refractivity (Wildman–Crippen MR) is 103 cm³/mol. The average Bonchev–Trinajstić information content (AvgIpc) is 3.11. The van der Waals surface area contributed by atoms with Crippen LogP contribution in [0.25, 0.3) is 0 Å². The number of piperidine rings is 1. The fourth-order valence-corrected chi connectivity index (χ4v) is 6.15. The Morgan fingerprint density at radius 3 is 2.50 bits per heavy atom. The summed E-state index contributed by atoms with van der Waals surface area (Å²) in [6.07, 6.45) is -4.91. The molecule has 5 rings (SSSR count). The molecule has 1 aromatic rings. The molecule has 1 saturated heterocycles. The summed E-state index contributed by atoms with van der Waals surface area (Å²) in [7, 11) is 2.90. The number of likely N-dealkylation sites (tertiary alicyclic amines) is 1. The highest BCUT2D eigenvalue weighted by Gasteiger charge is 2.76. The summed E-state index contributed by atoms with van der Waals surface area (Å²) < 4.78 is 106. The van der Waals surface area contributed by atoms with Gasteiger partial charge in [0.05, 0.1) is 7.11 Å². The van der Waals surface area contributed by atoms with E-state index in [0.717, 1.165) is 13.2 Å². The van der Waals surface area contributed by atoms with Gasteiger partial charge in [-0.2, -0.15) is 30.7 Å². The molecule has 186 valence electrons. The van der Waals surface area contributed by atoms with Crippen molar-refractivity contribution in [3.63, 3.8) is 0 Å². The van der Waals surface area contributed by atoms with Crippen molar-refractivity contribution in [3.05, 3.63) is 34.9 Å². The Morgan fingerprint density at radius 2 is 1.88 bits per heavy atom. The number of ketones is 1. The zero-order chi connectivity index (χ0) is 25.0. The lowest BCUT2D eigenvalue weighted by atomic mass is 9.53. The SMILES string of the molecule is COc1cc(C(=O)C(F)(F)C(F)(F)C(F)(F)F)c2c3c1O[C@H]1[C@@H](O)C=C[C@H]4[C@@H](C2)N(C)CC[C@@]341. The van der Waals surface area contributed by atoms with Gasteiger partial charge in [-0.1, -0.05) is 12.2 Å². The van der Waals surface area contributed by atoms with Crippen LogP contribution in [-0.2, 0) is 11.8 Å². The Balaban J connectivity index is 1.76. The van der Waals surface area contributed by atoms with Crippen LogP contribution in [-0.4, -0.2) is 72.8 Å². The van der Waals surface area contributed by atoms with E-state index in [4.69, 9.17) is 9.47 Å². The van der Waals surface area contributed by atoms with E-state index in [9.17, 15) is 40.6 Å². The number of hydrogen-bond donors (Lipinski definition) is 1. The third kappa shape index (κ3) is 2.61. The summed E-state index contributed by atoms with van der Waals surface area (Å²) in [4.78, 5) is 14.7. The maximum Gasteiger partial charge on any atom is 0.460 e. The highest BCUT2D eigenvalue weighted by atomic mass is 19.4. The van der Waals surface area contributed by atoms with Crippen molar-refractivity contribution in [1.82, 2.24) is 4.90 Å². The molecule has 0 radical (unpaired) electrons. The molecule has 1 N–H and O–H groups in total. The van der Waals surface area contributed by atoms with E-state index in [1.165, 1.54) is 0 Å². The van der Waals surface area contributed by atoms with Gasteiger partial charge < -0.3 is 19.5 Å². The number of benzene rings is 1. The van der Waals surface area contributed by atoms with E-state index in [1.807, 2.05) is 4.90 Å². The molecule has 4 aliphatic rings. The Labute approximate surface area is 189 Å². The van der Waals surface area contributed by atoms with Crippen LogP contribution >= 0.6 is 0 Å². The summed E-state index contributed by atoms with van der Waals surface area (Å²) in [6.45, 7) is 0.531. The van der Waals surface area contributed by atoms with E-state index in [2.05, 4.69) is 0 Å². The van der Waals surface area contributed by atoms with E-state index >= 15 is 0 Å². The third-order valence-corrected chi connectivity index (χ3v) is 7.76. The molecule has 1 spiro atoms. The van der Waals surface area contributed by atoms with Crippen LogP contribution in [0.1, 0.15) is 27.9 Å². The van der Waals surface area contributed by atoms with Crippen LogP contribution < -0.4 is 9.47 Å². The topological polar surface area (TPSA) is 59.0 Å². The number of alkyl halides is 7. The van der Waals surface area contributed by atoms with Crippen molar-refractivity contribution in [2.75, 3.05) is 20.7 Å². The van der Waals surface area contributed by atoms with Gasteiger partial charge in [0.2, 0.25) is 5.78 Å². The maximum absolute atomic E-state index is 14.5. The van der Waals surface area contributed by atoms with Crippen molar-refractivity contribution in [1.29, 1.82) is 0 Å². The minimum Gasteiger partial charge on any atom is -0.493 e. The van der Waals surface area contributed by atoms with Gasteiger partial charge in [-0.3, -0.25) is 4.79 Å². The van der Waals surface area contributed by atoms with Crippen LogP contribution in [0.5, 0.6) is 11.5 Å². The number of aliphatic hydroxyl groups is 1. The normalized spacial score (nSPS) is 32.3. The van der Waals surface area contributed by atoms with Crippen molar-refractivity contribution in [3.8, 4) is 11.5 Å². The smallest absolute Gasteiger partial charge is 0.460 e. The molecule has 2 aliphatic carbocycles. The van der Waals surface area contributed by atoms with Crippen LogP contribution in [0.3, 0.4) is 0 Å². The molecule has 2 heterocycles. The Kier molecular flexibility index (Phi) is 4.73. The lowest BCUT2D eigenvalue weighted by molar-refractivity contribution is -0.339. The molecular weight excluding hydrogens is 475 g/mol. The van der Waals surface area contributed by atoms with Crippen molar-refractivity contribution < 1.29 is 50.1 Å². The lowest BCUT2D eigenvalue weighted by Gasteiger charge is -2.56. The zero-order valence-electron chi connectivity index (χ0n) is 17.9. The van der Waals surface area contributed by atoms with Gasteiger partial charge in [-0.15, -0.1) is 0 Å². The first-order valence-corrected chi connectivity index (χ1v) is 10.5. The zero-order valence-corrected chi connectivity index (χ0v) is 17.9. The molecule has 0 amide bonds. The standard InChI is InChI=1S/C22H20F7NO4/c1-30-6-5-19-11-3-4-13(31)18(19)34-16-14(33-2)8-10(9(15(16)19)7-12(11)30)17(32)20(23,24)21(25,26)22(27,28)29/h3-4,8,11-13,18,31H,5-7H2,1-2H3/t11-,12+,13-,18-,19-/m0/s1. The maximum atomic E-state index is 14.5. The highest BCUT2D eigenvalue weighted by molar-refractivity contribution is 6.04. The summed E-state index contributed by atoms with van der Waals surface area (Å²) in [6, 6.07) is 0.361. The largest absolute Gasteiger partial charge is 0.493 e. The van der Waals surface area contributed by atoms with Gasteiger partial charge in [0.1, 0.15) is 12.2 Å². The predicted octanol–water partition coefficient (Wildman–Crippen LogP) is 3.52. The summed E-state index contributed by atoms with van der Waals surface area (Å²) in [5, 5.41) is 10.6. The molecule has 0 unspecified atom stereocenters. The van der Waals surface area contributed by atoms with E-state index in [1.54, 1.807) is 19.2 Å². The number of halogens is 7. The van der Waals surface area contributed by atoms with Gasteiger partial charge in [-0.05, 0) is 38.1 Å². The van der Waals surface area contributed by atoms with Crippen LogP contribution in [0.2, 0.25) is 0 Å². The fourth-order valence-electron chi connectivity index (χ4n) is 6.15. The van der Waals surface area contributed by atoms with Crippen LogP contribution in [0, 0.1) is 5.92 Å². The second kappa shape index (κ2) is 6.87. The molecular formula is C22H20F7NO4. The Hall–Kier alpha value is -2.34. The molecule has 0 saturated carbocycles. The molecule has 2 bridgehead atoms. The second-order valence-electron chi connectivity index (χ2n) is 9.27. The molecule has 0 aromatic heterocycles. The Bertz CT molecular complexity index is 1100. The number of carbonyl (C=O) groups excluding carboxylic acids is 1. The lowest BCUT2D eigenvalue weighted by Crippen LogP contribution is -2.65. The number of likely N-dealkylation sites (N-methyl/N-ethyl adjacent to an activating group) is 1. The highest BCUT2D eigenvalue weighted by Crippen LogP contribution is 2.63. The number of aliphatic hydroxyl groups excluding tert-OH is 1. The van der Waals surface area contributed by atoms with Crippen LogP contribution in [0.15, 0.2) is 18.2 Å². The molecule has 1 fully saturated rings. The van der Waals surface area contributed by atoms with Gasteiger partial charge in [0.15, 0.2) is 11.5 Å². The first-order valence-electron chi connectivity index (χ1n) is 10.5. The minimum atomic E-state index is -6.64. The Morgan fingerprint density at radius 1 is 1.21 bits per heavy atom. The molecule has 34 heavy (non-hydrogen) atoms. The molecule has 1 aromatic carbocycles. The van der Waals surface area contributed by atoms with Crippen molar-refractivity contribution >= 4 is 5.78 Å². The van der Waals surface area contributed by atoms with Crippen molar-refractivity contribution in [2.24, 2.45) is 5.92 Å². The number of rotatable bonds is 4. The number of hydrogen-bond acceptors (Lipinski definition) is 5. The monoisotopic (exact) mass is 495 g/mol. The van der Waals surface area contributed by atoms with Gasteiger partial charge >= 0.3 is 18.0 Å². The van der Waals surface area contributed by atoms with Crippen molar-refractivity contribution in [2.45, 2.75) is 54.5 Å². The molecule has 5 nitrogen and oxygen atoms in total. The van der Waals surface area contributed by atoms with E-state index < -0.39 is 47.0 Å². The number of ether oxygens (including phenoxy) is 2. The quantitative estimate of drug-likeness (QED) is 0.394. The second-order valence-corrected chi connectivity index (χ2v) is 9.27. The van der Waals surface area contributed by atoms with E-state index in [0.29, 0.717) is 13.0 Å². The fraction of sp³-hybridized carbons (Fsp3) is 0.591. The molecule has 5 atom stereocenters. The number of carbonyl (C=O) groups is 1. The number of Topliss-reactive ketones (excluding diaryl/α,β-unsaturated/α-hetero) is 1. The first kappa shape index (κ1) is 23.4. The average molecular weight is 495 g/mol. The third-order valence-electron chi connectivity index (χ3n) is 7.76. The number of nitrogens with zero attached hydrogens (tertiary/aromatic N) is 1. The minimum absolute atomic E-state index is 0.0551. The summed E-state index contributed by atoms with van der Waals surface area (Å²) in [5.74, 6) is -15.7. The van der Waals surface area contributed by atoms with Gasteiger partial charge in [0, 0.05) is 28.5 Å². The van der Waals surface area contributed by atoms with Crippen LogP contribution in [0.4, 0.5) is 30.7 Å². The van der Waals surface area contributed by atoms with E-state index in [-0.39, 0.29) is 41.0 Å². The molecule has 2 aliphatic heterocycles. The number of methoxy groups -OCH3 is 1.